The topological polar surface area (TPSA) is 56.6 Å². The van der Waals surface area contributed by atoms with Gasteiger partial charge in [-0.15, -0.1) is 0 Å². The molecule has 1 aliphatic heterocycles. The molecule has 0 saturated carbocycles. The normalized spacial score (nSPS) is 23.6. The summed E-state index contributed by atoms with van der Waals surface area (Å²) in [6, 6.07) is 7.91. The van der Waals surface area contributed by atoms with E-state index in [9.17, 15) is 10.2 Å². The fraction of sp³-hybridized carbons (Fsp3) is 0.400. The fourth-order valence-corrected chi connectivity index (χ4v) is 2.91. The molecule has 2 atom stereocenters. The first-order chi connectivity index (χ1) is 9.56. The van der Waals surface area contributed by atoms with Gasteiger partial charge in [-0.25, -0.2) is 4.98 Å². The Bertz CT molecular complexity index is 637. The molecule has 1 aromatic heterocycles. The molecular formula is C15H17ClN2O2. The molecule has 106 valence electrons. The van der Waals surface area contributed by atoms with Gasteiger partial charge in [0, 0.05) is 25.0 Å². The Balaban J connectivity index is 1.94. The molecule has 5 heteroatoms. The zero-order valence-corrected chi connectivity index (χ0v) is 12.0. The van der Waals surface area contributed by atoms with Crippen LogP contribution in [-0.4, -0.2) is 45.4 Å². The Labute approximate surface area is 122 Å². The van der Waals surface area contributed by atoms with Gasteiger partial charge in [0.2, 0.25) is 0 Å². The van der Waals surface area contributed by atoms with Crippen LogP contribution in [0.3, 0.4) is 0 Å². The van der Waals surface area contributed by atoms with Gasteiger partial charge in [0.05, 0.1) is 28.4 Å². The molecule has 0 unspecified atom stereocenters. The Morgan fingerprint density at radius 3 is 2.60 bits per heavy atom. The second-order valence-electron chi connectivity index (χ2n) is 5.34. The van der Waals surface area contributed by atoms with Crippen molar-refractivity contribution >= 4 is 22.5 Å². The highest BCUT2D eigenvalue weighted by Crippen LogP contribution is 2.28. The number of β-amino-alcohol motifs (C(OH)–C–C–N with tert-alkyl or cyclic N) is 2. The molecule has 2 heterocycles. The molecule has 1 aromatic carbocycles. The molecule has 0 amide bonds. The predicted octanol–water partition coefficient (Wildman–Crippen LogP) is 1.73. The van der Waals surface area contributed by atoms with E-state index in [4.69, 9.17) is 11.6 Å². The predicted molar refractivity (Wildman–Crippen MR) is 78.8 cm³/mol. The molecule has 2 N–H and O–H groups in total. The SMILES string of the molecule is Cc1c(Cl)c(CN2C[C@@H](O)[C@@H](O)C2)nc2ccccc12. The Morgan fingerprint density at radius 1 is 1.25 bits per heavy atom. The van der Waals surface area contributed by atoms with Gasteiger partial charge in [-0.05, 0) is 18.6 Å². The average molecular weight is 293 g/mol. The number of halogens is 1. The van der Waals surface area contributed by atoms with Crippen LogP contribution >= 0.6 is 11.6 Å². The highest BCUT2D eigenvalue weighted by Gasteiger charge is 2.30. The minimum absolute atomic E-state index is 0.449. The van der Waals surface area contributed by atoms with Crippen molar-refractivity contribution in [3.8, 4) is 0 Å². The molecule has 3 rings (SSSR count). The fourth-order valence-electron chi connectivity index (χ4n) is 2.71. The maximum atomic E-state index is 9.60. The molecule has 0 bridgehead atoms. The molecular weight excluding hydrogens is 276 g/mol. The van der Waals surface area contributed by atoms with Gasteiger partial charge < -0.3 is 10.2 Å². The standard InChI is InChI=1S/C15H17ClN2O2/c1-9-10-4-2-3-5-11(10)17-12(15(9)16)6-18-7-13(19)14(20)8-18/h2-5,13-14,19-20H,6-8H2,1H3/t13-,14+. The molecule has 20 heavy (non-hydrogen) atoms. The van der Waals surface area contributed by atoms with E-state index in [1.807, 2.05) is 36.1 Å². The van der Waals surface area contributed by atoms with Gasteiger partial charge >= 0.3 is 0 Å². The maximum absolute atomic E-state index is 9.60. The van der Waals surface area contributed by atoms with Crippen LogP contribution < -0.4 is 0 Å². The summed E-state index contributed by atoms with van der Waals surface area (Å²) in [5, 5.41) is 20.9. The van der Waals surface area contributed by atoms with Crippen LogP contribution in [0.25, 0.3) is 10.9 Å². The molecule has 1 saturated heterocycles. The number of aromatic nitrogens is 1. The number of pyridine rings is 1. The zero-order valence-electron chi connectivity index (χ0n) is 11.3. The number of aliphatic hydroxyl groups is 2. The van der Waals surface area contributed by atoms with Gasteiger partial charge in [0.25, 0.3) is 0 Å². The number of benzene rings is 1. The largest absolute Gasteiger partial charge is 0.389 e. The smallest absolute Gasteiger partial charge is 0.0938 e. The number of nitrogens with zero attached hydrogens (tertiary/aromatic N) is 2. The van der Waals surface area contributed by atoms with Crippen molar-refractivity contribution in [2.45, 2.75) is 25.7 Å². The minimum Gasteiger partial charge on any atom is -0.389 e. The summed E-state index contributed by atoms with van der Waals surface area (Å²) in [5.74, 6) is 0. The van der Waals surface area contributed by atoms with Crippen molar-refractivity contribution in [1.82, 2.24) is 9.88 Å². The second kappa shape index (κ2) is 5.30. The number of fused-ring (bicyclic) bond motifs is 1. The van der Waals surface area contributed by atoms with Crippen LogP contribution in [0.4, 0.5) is 0 Å². The molecule has 0 spiro atoms. The monoisotopic (exact) mass is 292 g/mol. The van der Waals surface area contributed by atoms with E-state index < -0.39 is 12.2 Å². The third-order valence-electron chi connectivity index (χ3n) is 3.85. The van der Waals surface area contributed by atoms with Crippen LogP contribution in [0, 0.1) is 6.92 Å². The summed E-state index contributed by atoms with van der Waals surface area (Å²) in [4.78, 5) is 6.58. The van der Waals surface area contributed by atoms with E-state index in [1.165, 1.54) is 0 Å². The van der Waals surface area contributed by atoms with E-state index >= 15 is 0 Å². The molecule has 0 radical (unpaired) electrons. The summed E-state index contributed by atoms with van der Waals surface area (Å²) in [6.45, 7) is 3.43. The zero-order chi connectivity index (χ0) is 14.3. The minimum atomic E-state index is -0.685. The van der Waals surface area contributed by atoms with Crippen molar-refractivity contribution in [1.29, 1.82) is 0 Å². The first-order valence-electron chi connectivity index (χ1n) is 6.68. The van der Waals surface area contributed by atoms with Gasteiger partial charge in [-0.3, -0.25) is 4.90 Å². The second-order valence-corrected chi connectivity index (χ2v) is 5.72. The Hall–Kier alpha value is -1.20. The maximum Gasteiger partial charge on any atom is 0.0938 e. The van der Waals surface area contributed by atoms with Crippen molar-refractivity contribution in [2.24, 2.45) is 0 Å². The first-order valence-corrected chi connectivity index (χ1v) is 7.06. The molecule has 1 fully saturated rings. The molecule has 2 aromatic rings. The summed E-state index contributed by atoms with van der Waals surface area (Å²) < 4.78 is 0. The number of aryl methyl sites for hydroxylation is 1. The van der Waals surface area contributed by atoms with Crippen LogP contribution in [-0.2, 0) is 6.54 Å². The summed E-state index contributed by atoms with van der Waals surface area (Å²) in [5.41, 5.74) is 2.74. The Kier molecular flexibility index (Phi) is 3.65. The molecule has 4 nitrogen and oxygen atoms in total. The van der Waals surface area contributed by atoms with Crippen molar-refractivity contribution in [2.75, 3.05) is 13.1 Å². The summed E-state index contributed by atoms with van der Waals surface area (Å²) >= 11 is 6.41. The van der Waals surface area contributed by atoms with E-state index in [0.717, 1.165) is 22.2 Å². The van der Waals surface area contributed by atoms with Gasteiger partial charge in [0.15, 0.2) is 0 Å². The lowest BCUT2D eigenvalue weighted by molar-refractivity contribution is 0.0572. The first kappa shape index (κ1) is 13.8. The van der Waals surface area contributed by atoms with Gasteiger partial charge in [0.1, 0.15) is 0 Å². The number of para-hydroxylation sites is 1. The summed E-state index contributed by atoms with van der Waals surface area (Å²) in [7, 11) is 0. The molecule has 0 aliphatic carbocycles. The van der Waals surface area contributed by atoms with Crippen molar-refractivity contribution < 1.29 is 10.2 Å². The van der Waals surface area contributed by atoms with Crippen LogP contribution in [0.2, 0.25) is 5.02 Å². The quantitative estimate of drug-likeness (QED) is 0.885. The van der Waals surface area contributed by atoms with Crippen LogP contribution in [0.5, 0.6) is 0 Å². The number of rotatable bonds is 2. The van der Waals surface area contributed by atoms with E-state index in [-0.39, 0.29) is 0 Å². The van der Waals surface area contributed by atoms with Crippen molar-refractivity contribution in [3.63, 3.8) is 0 Å². The van der Waals surface area contributed by atoms with Crippen LogP contribution in [0.1, 0.15) is 11.3 Å². The highest BCUT2D eigenvalue weighted by atomic mass is 35.5. The molecule has 1 aliphatic rings. The average Bonchev–Trinajstić information content (AvgIpc) is 2.74. The van der Waals surface area contributed by atoms with Crippen molar-refractivity contribution in [3.05, 3.63) is 40.5 Å². The van der Waals surface area contributed by atoms with E-state index in [0.29, 0.717) is 24.7 Å². The number of hydrogen-bond donors (Lipinski definition) is 2. The number of aliphatic hydroxyl groups excluding tert-OH is 2. The number of hydrogen-bond acceptors (Lipinski definition) is 4. The highest BCUT2D eigenvalue weighted by molar-refractivity contribution is 6.32. The van der Waals surface area contributed by atoms with Gasteiger partial charge in [-0.1, -0.05) is 29.8 Å². The number of likely N-dealkylation sites (tertiary alicyclic amines) is 1. The lowest BCUT2D eigenvalue weighted by Gasteiger charge is -2.17. The third-order valence-corrected chi connectivity index (χ3v) is 4.36. The Morgan fingerprint density at radius 2 is 1.90 bits per heavy atom. The van der Waals surface area contributed by atoms with E-state index in [1.54, 1.807) is 0 Å². The van der Waals surface area contributed by atoms with E-state index in [2.05, 4.69) is 4.98 Å². The van der Waals surface area contributed by atoms with Crippen LogP contribution in [0.15, 0.2) is 24.3 Å². The lowest BCUT2D eigenvalue weighted by Crippen LogP contribution is -2.22. The third kappa shape index (κ3) is 2.40. The summed E-state index contributed by atoms with van der Waals surface area (Å²) in [6.07, 6.45) is -1.37. The van der Waals surface area contributed by atoms with Gasteiger partial charge in [-0.2, -0.15) is 0 Å². The lowest BCUT2D eigenvalue weighted by atomic mass is 10.1.